The number of rotatable bonds is 6. The number of amides is 1. The number of fused-ring (bicyclic) bond motifs is 1. The number of nitro groups is 1. The zero-order valence-corrected chi connectivity index (χ0v) is 20.4. The van der Waals surface area contributed by atoms with Gasteiger partial charge in [0.1, 0.15) is 17.2 Å². The third kappa shape index (κ3) is 5.10. The molecule has 2 aromatic carbocycles. The van der Waals surface area contributed by atoms with Gasteiger partial charge in [0.05, 0.1) is 16.7 Å². The Kier molecular flexibility index (Phi) is 6.35. The number of nitrogens with one attached hydrogen (secondary N) is 1. The maximum absolute atomic E-state index is 13.8. The van der Waals surface area contributed by atoms with Crippen LogP contribution in [0.1, 0.15) is 38.6 Å². The molecule has 0 radical (unpaired) electrons. The normalized spacial score (nSPS) is 11.5. The van der Waals surface area contributed by atoms with Gasteiger partial charge in [-0.05, 0) is 68.1 Å². The van der Waals surface area contributed by atoms with Gasteiger partial charge >= 0.3 is 5.38 Å². The van der Waals surface area contributed by atoms with Crippen LogP contribution in [0.3, 0.4) is 0 Å². The number of anilines is 1. The van der Waals surface area contributed by atoms with Crippen molar-refractivity contribution in [2.75, 3.05) is 5.32 Å². The summed E-state index contributed by atoms with van der Waals surface area (Å²) < 4.78 is 34.4. The fourth-order valence-electron chi connectivity index (χ4n) is 3.66. The van der Waals surface area contributed by atoms with Crippen molar-refractivity contribution in [2.45, 2.75) is 33.1 Å². The van der Waals surface area contributed by atoms with Gasteiger partial charge in [0, 0.05) is 23.9 Å². The van der Waals surface area contributed by atoms with E-state index in [0.717, 1.165) is 33.3 Å². The fraction of sp³-hybridized carbons (Fsp3) is 0.208. The molecule has 4 aromatic rings. The van der Waals surface area contributed by atoms with E-state index in [-0.39, 0.29) is 34.2 Å². The standard InChI is InChI=1S/C24H20ClF2N5O4/c1-12-5-13(2)15(4)20(6-12)36-18-9-16(8-17(10-18)32(34)35)29-23(33)19-11-22-28-14(3)7-21(24(25,26)27)31(22)30-19/h5-11H,1-4H3,(H,29,33). The summed E-state index contributed by atoms with van der Waals surface area (Å²) in [4.78, 5) is 27.9. The minimum Gasteiger partial charge on any atom is -0.457 e. The summed E-state index contributed by atoms with van der Waals surface area (Å²) in [5.41, 5.74) is 1.88. The highest BCUT2D eigenvalue weighted by Gasteiger charge is 2.32. The Morgan fingerprint density at radius 1 is 1.11 bits per heavy atom. The van der Waals surface area contributed by atoms with Gasteiger partial charge in [-0.25, -0.2) is 9.50 Å². The summed E-state index contributed by atoms with van der Waals surface area (Å²) in [6, 6.07) is 9.86. The Morgan fingerprint density at radius 2 is 1.83 bits per heavy atom. The number of carbonyl (C=O) groups excluding carboxylic acids is 1. The van der Waals surface area contributed by atoms with Gasteiger partial charge in [-0.2, -0.15) is 13.9 Å². The number of ether oxygens (including phenoxy) is 1. The van der Waals surface area contributed by atoms with Crippen LogP contribution in [-0.4, -0.2) is 25.4 Å². The molecule has 1 amide bonds. The lowest BCUT2D eigenvalue weighted by molar-refractivity contribution is -0.384. The minimum absolute atomic E-state index is 0.0103. The van der Waals surface area contributed by atoms with E-state index in [0.29, 0.717) is 5.75 Å². The molecule has 9 nitrogen and oxygen atoms in total. The molecule has 186 valence electrons. The highest BCUT2D eigenvalue weighted by atomic mass is 35.5. The van der Waals surface area contributed by atoms with Crippen LogP contribution in [0.2, 0.25) is 0 Å². The van der Waals surface area contributed by atoms with Crippen LogP contribution < -0.4 is 10.1 Å². The number of carbonyl (C=O) groups is 1. The van der Waals surface area contributed by atoms with E-state index in [1.165, 1.54) is 25.1 Å². The molecule has 0 aliphatic heterocycles. The monoisotopic (exact) mass is 515 g/mol. The van der Waals surface area contributed by atoms with Crippen molar-refractivity contribution in [1.82, 2.24) is 14.6 Å². The second-order valence-corrected chi connectivity index (χ2v) is 8.79. The molecule has 0 bridgehead atoms. The smallest absolute Gasteiger partial charge is 0.364 e. The van der Waals surface area contributed by atoms with Crippen LogP contribution in [-0.2, 0) is 5.38 Å². The molecule has 36 heavy (non-hydrogen) atoms. The number of non-ortho nitro benzene ring substituents is 1. The number of nitro benzene ring substituents is 1. The molecular formula is C24H20ClF2N5O4. The molecule has 4 rings (SSSR count). The molecule has 0 aliphatic carbocycles. The van der Waals surface area contributed by atoms with E-state index in [2.05, 4.69) is 15.4 Å². The maximum Gasteiger partial charge on any atom is 0.364 e. The summed E-state index contributed by atoms with van der Waals surface area (Å²) in [7, 11) is 0. The number of hydrogen-bond donors (Lipinski definition) is 1. The molecule has 0 fully saturated rings. The Hall–Kier alpha value is -4.12. The average molecular weight is 516 g/mol. The predicted molar refractivity (Wildman–Crippen MR) is 129 cm³/mol. The molecule has 2 heterocycles. The molecule has 0 saturated heterocycles. The summed E-state index contributed by atoms with van der Waals surface area (Å²) in [6.45, 7) is 7.18. The van der Waals surface area contributed by atoms with Gasteiger partial charge in [0.15, 0.2) is 11.3 Å². The van der Waals surface area contributed by atoms with Crippen molar-refractivity contribution in [3.8, 4) is 11.5 Å². The van der Waals surface area contributed by atoms with Gasteiger partial charge < -0.3 is 10.1 Å². The molecule has 0 unspecified atom stereocenters. The van der Waals surface area contributed by atoms with Crippen molar-refractivity contribution in [1.29, 1.82) is 0 Å². The summed E-state index contributed by atoms with van der Waals surface area (Å²) >= 11 is 5.19. The van der Waals surface area contributed by atoms with E-state index >= 15 is 0 Å². The average Bonchev–Trinajstić information content (AvgIpc) is 3.19. The highest BCUT2D eigenvalue weighted by molar-refractivity contribution is 6.21. The second kappa shape index (κ2) is 9.15. The Morgan fingerprint density at radius 3 is 2.50 bits per heavy atom. The predicted octanol–water partition coefficient (Wildman–Crippen LogP) is 6.20. The minimum atomic E-state index is -3.75. The van der Waals surface area contributed by atoms with Crippen molar-refractivity contribution >= 4 is 34.5 Å². The number of halogens is 3. The Balaban J connectivity index is 1.69. The van der Waals surface area contributed by atoms with Gasteiger partial charge in [0.25, 0.3) is 11.6 Å². The first-order chi connectivity index (χ1) is 16.8. The van der Waals surface area contributed by atoms with Crippen molar-refractivity contribution in [3.05, 3.63) is 86.4 Å². The summed E-state index contributed by atoms with van der Waals surface area (Å²) in [5, 5.41) is 14.2. The fourth-order valence-corrected chi connectivity index (χ4v) is 3.80. The van der Waals surface area contributed by atoms with Gasteiger partial charge in [-0.15, -0.1) is 0 Å². The lowest BCUT2D eigenvalue weighted by Gasteiger charge is -2.13. The third-order valence-electron chi connectivity index (χ3n) is 5.43. The van der Waals surface area contributed by atoms with E-state index < -0.39 is 21.9 Å². The van der Waals surface area contributed by atoms with Gasteiger partial charge in [-0.3, -0.25) is 14.9 Å². The van der Waals surface area contributed by atoms with E-state index in [1.54, 1.807) is 6.07 Å². The number of aromatic nitrogens is 3. The number of nitrogens with zero attached hydrogens (tertiary/aromatic N) is 4. The molecule has 0 spiro atoms. The first kappa shape index (κ1) is 25.0. The first-order valence-electron chi connectivity index (χ1n) is 10.6. The number of benzene rings is 2. The third-order valence-corrected chi connectivity index (χ3v) is 5.62. The lowest BCUT2D eigenvalue weighted by atomic mass is 10.1. The highest BCUT2D eigenvalue weighted by Crippen LogP contribution is 2.34. The van der Waals surface area contributed by atoms with E-state index in [1.807, 2.05) is 26.8 Å². The molecule has 12 heteroatoms. The summed E-state index contributed by atoms with van der Waals surface area (Å²) in [6.07, 6.45) is 0. The molecule has 2 aromatic heterocycles. The van der Waals surface area contributed by atoms with E-state index in [9.17, 15) is 23.7 Å². The van der Waals surface area contributed by atoms with Crippen molar-refractivity contribution < 1.29 is 23.2 Å². The molecule has 0 saturated carbocycles. The van der Waals surface area contributed by atoms with Crippen LogP contribution in [0.4, 0.5) is 20.2 Å². The van der Waals surface area contributed by atoms with Crippen LogP contribution in [0.15, 0.2) is 42.5 Å². The Labute approximate surface area is 208 Å². The topological polar surface area (TPSA) is 112 Å². The first-order valence-corrected chi connectivity index (χ1v) is 11.0. The molecule has 0 aliphatic rings. The quantitative estimate of drug-likeness (QED) is 0.186. The van der Waals surface area contributed by atoms with Crippen molar-refractivity contribution in [3.63, 3.8) is 0 Å². The van der Waals surface area contributed by atoms with Gasteiger partial charge in [-0.1, -0.05) is 6.07 Å². The SMILES string of the molecule is Cc1cc(C)c(C)c(Oc2cc(NC(=O)c3cc4nc(C)cc(C(F)(F)Cl)n4n3)cc([N+](=O)[O-])c2)c1. The number of alkyl halides is 3. The van der Waals surface area contributed by atoms with Crippen LogP contribution in [0.25, 0.3) is 5.65 Å². The van der Waals surface area contributed by atoms with E-state index in [4.69, 9.17) is 16.3 Å². The lowest BCUT2D eigenvalue weighted by Crippen LogP contribution is -2.15. The van der Waals surface area contributed by atoms with Crippen LogP contribution in [0, 0.1) is 37.8 Å². The largest absolute Gasteiger partial charge is 0.457 e. The summed E-state index contributed by atoms with van der Waals surface area (Å²) in [5.74, 6) is -0.151. The Bertz CT molecular complexity index is 1530. The molecule has 0 atom stereocenters. The molecule has 1 N–H and O–H groups in total. The second-order valence-electron chi connectivity index (χ2n) is 8.31. The number of hydrogen-bond acceptors (Lipinski definition) is 6. The zero-order valence-electron chi connectivity index (χ0n) is 19.6. The molecular weight excluding hydrogens is 496 g/mol. The maximum atomic E-state index is 13.8. The number of aryl methyl sites for hydroxylation is 3. The van der Waals surface area contributed by atoms with Crippen LogP contribution >= 0.6 is 11.6 Å². The van der Waals surface area contributed by atoms with Crippen molar-refractivity contribution in [2.24, 2.45) is 0 Å². The van der Waals surface area contributed by atoms with Crippen LogP contribution in [0.5, 0.6) is 11.5 Å². The van der Waals surface area contributed by atoms with Gasteiger partial charge in [0.2, 0.25) is 0 Å². The zero-order chi connectivity index (χ0) is 26.4.